The molecule has 3 aliphatic rings. The first-order valence-electron chi connectivity index (χ1n) is 9.81. The Morgan fingerprint density at radius 3 is 2.74 bits per heavy atom. The second kappa shape index (κ2) is 8.02. The quantitative estimate of drug-likeness (QED) is 0.641. The van der Waals surface area contributed by atoms with Crippen LogP contribution in [0.2, 0.25) is 0 Å². The monoisotopic (exact) mass is 404 g/mol. The zero-order chi connectivity index (χ0) is 19.0. The molecular formula is C22H25ClO3S. The molecule has 1 saturated heterocycles. The number of ether oxygens (including phenoxy) is 1. The minimum Gasteiger partial charge on any atom is -0.381 e. The van der Waals surface area contributed by atoms with Crippen LogP contribution in [-0.4, -0.2) is 24.8 Å². The van der Waals surface area contributed by atoms with Gasteiger partial charge >= 0.3 is 0 Å². The second-order valence-corrected chi connectivity index (χ2v) is 9.67. The SMILES string of the molecule is Cc1sc(C2C=CC(Cl)=CC2)cc1C1C(=O)CC(CC2CCOCC2)C1=O. The summed E-state index contributed by atoms with van der Waals surface area (Å²) in [5.74, 6) is 0.390. The fourth-order valence-corrected chi connectivity index (χ4v) is 5.88. The molecule has 144 valence electrons. The molecule has 2 aliphatic carbocycles. The van der Waals surface area contributed by atoms with Crippen molar-refractivity contribution in [3.63, 3.8) is 0 Å². The number of Topliss-reactive ketones (excluding diaryl/α,β-unsaturated/α-hetero) is 2. The van der Waals surface area contributed by atoms with Crippen LogP contribution < -0.4 is 0 Å². The van der Waals surface area contributed by atoms with Crippen LogP contribution >= 0.6 is 22.9 Å². The summed E-state index contributed by atoms with van der Waals surface area (Å²) in [4.78, 5) is 28.1. The lowest BCUT2D eigenvalue weighted by atomic mass is 9.86. The molecule has 3 atom stereocenters. The van der Waals surface area contributed by atoms with E-state index in [2.05, 4.69) is 12.1 Å². The third kappa shape index (κ3) is 3.98. The number of ketones is 2. The van der Waals surface area contributed by atoms with Gasteiger partial charge < -0.3 is 4.74 Å². The molecule has 2 heterocycles. The number of thiophene rings is 1. The smallest absolute Gasteiger partial charge is 0.151 e. The van der Waals surface area contributed by atoms with Crippen molar-refractivity contribution in [2.75, 3.05) is 13.2 Å². The molecule has 0 spiro atoms. The van der Waals surface area contributed by atoms with Gasteiger partial charge in [0, 0.05) is 46.3 Å². The Hall–Kier alpha value is -1.23. The molecule has 5 heteroatoms. The number of carbonyl (C=O) groups is 2. The summed E-state index contributed by atoms with van der Waals surface area (Å²) in [6, 6.07) is 2.10. The molecule has 27 heavy (non-hydrogen) atoms. The Morgan fingerprint density at radius 2 is 2.04 bits per heavy atom. The van der Waals surface area contributed by atoms with Gasteiger partial charge in [-0.2, -0.15) is 0 Å². The van der Waals surface area contributed by atoms with Crippen molar-refractivity contribution in [2.45, 2.75) is 50.9 Å². The molecule has 1 aliphatic heterocycles. The van der Waals surface area contributed by atoms with E-state index in [9.17, 15) is 9.59 Å². The van der Waals surface area contributed by atoms with E-state index in [1.807, 2.05) is 19.1 Å². The standard InChI is InChI=1S/C22H25ClO3S/c1-13-18(12-20(27-13)15-2-4-17(23)5-3-15)21-19(24)11-16(22(21)25)10-14-6-8-26-9-7-14/h2,4-5,12,14-16,21H,3,6-11H2,1H3. The molecule has 2 fully saturated rings. The van der Waals surface area contributed by atoms with Gasteiger partial charge in [-0.3, -0.25) is 9.59 Å². The highest BCUT2D eigenvalue weighted by Gasteiger charge is 2.43. The average molecular weight is 405 g/mol. The summed E-state index contributed by atoms with van der Waals surface area (Å²) < 4.78 is 5.42. The predicted molar refractivity (Wildman–Crippen MR) is 109 cm³/mol. The number of hydrogen-bond donors (Lipinski definition) is 0. The first-order chi connectivity index (χ1) is 13.0. The highest BCUT2D eigenvalue weighted by Crippen LogP contribution is 2.42. The van der Waals surface area contributed by atoms with Crippen LogP contribution in [0.4, 0.5) is 0 Å². The van der Waals surface area contributed by atoms with Gasteiger partial charge in [0.1, 0.15) is 11.7 Å². The molecule has 3 nitrogen and oxygen atoms in total. The van der Waals surface area contributed by atoms with E-state index < -0.39 is 5.92 Å². The number of allylic oxidation sites excluding steroid dienone is 4. The van der Waals surface area contributed by atoms with Crippen LogP contribution in [0.25, 0.3) is 0 Å². The van der Waals surface area contributed by atoms with Gasteiger partial charge in [-0.25, -0.2) is 0 Å². The van der Waals surface area contributed by atoms with Gasteiger partial charge in [-0.15, -0.1) is 11.3 Å². The Kier molecular flexibility index (Phi) is 5.68. The molecule has 1 aromatic heterocycles. The van der Waals surface area contributed by atoms with Gasteiger partial charge in [0.15, 0.2) is 5.78 Å². The molecular weight excluding hydrogens is 380 g/mol. The fraction of sp³-hybridized carbons (Fsp3) is 0.545. The lowest BCUT2D eigenvalue weighted by Crippen LogP contribution is -2.21. The molecule has 4 rings (SSSR count). The Bertz CT molecular complexity index is 800. The lowest BCUT2D eigenvalue weighted by Gasteiger charge is -2.24. The van der Waals surface area contributed by atoms with Crippen LogP contribution in [0.5, 0.6) is 0 Å². The summed E-state index contributed by atoms with van der Waals surface area (Å²) >= 11 is 7.73. The maximum atomic E-state index is 13.1. The van der Waals surface area contributed by atoms with Gasteiger partial charge in [-0.05, 0) is 56.2 Å². The first kappa shape index (κ1) is 19.1. The van der Waals surface area contributed by atoms with Crippen LogP contribution in [-0.2, 0) is 14.3 Å². The number of aryl methyl sites for hydroxylation is 1. The fourth-order valence-electron chi connectivity index (χ4n) is 4.56. The van der Waals surface area contributed by atoms with Crippen molar-refractivity contribution >= 4 is 34.5 Å². The number of carbonyl (C=O) groups excluding carboxylic acids is 2. The molecule has 0 aromatic carbocycles. The van der Waals surface area contributed by atoms with Crippen molar-refractivity contribution in [3.8, 4) is 0 Å². The Labute approximate surface area is 169 Å². The average Bonchev–Trinajstić information content (AvgIpc) is 3.16. The highest BCUT2D eigenvalue weighted by atomic mass is 35.5. The summed E-state index contributed by atoms with van der Waals surface area (Å²) in [6.07, 6.45) is 10.2. The molecule has 0 N–H and O–H groups in total. The van der Waals surface area contributed by atoms with Crippen molar-refractivity contribution in [1.29, 1.82) is 0 Å². The maximum Gasteiger partial charge on any atom is 0.151 e. The van der Waals surface area contributed by atoms with E-state index >= 15 is 0 Å². The van der Waals surface area contributed by atoms with Crippen LogP contribution in [0.15, 0.2) is 29.3 Å². The maximum absolute atomic E-state index is 13.1. The largest absolute Gasteiger partial charge is 0.381 e. The van der Waals surface area contributed by atoms with E-state index in [1.165, 1.54) is 4.88 Å². The first-order valence-corrected chi connectivity index (χ1v) is 11.0. The van der Waals surface area contributed by atoms with Gasteiger partial charge in [0.2, 0.25) is 0 Å². The Morgan fingerprint density at radius 1 is 1.26 bits per heavy atom. The van der Waals surface area contributed by atoms with E-state index in [0.29, 0.717) is 12.3 Å². The minimum absolute atomic E-state index is 0.103. The zero-order valence-corrected chi connectivity index (χ0v) is 17.2. The van der Waals surface area contributed by atoms with E-state index in [1.54, 1.807) is 11.3 Å². The molecule has 0 bridgehead atoms. The second-order valence-electron chi connectivity index (χ2n) is 7.94. The summed E-state index contributed by atoms with van der Waals surface area (Å²) in [6.45, 7) is 3.60. The third-order valence-corrected chi connectivity index (χ3v) is 7.60. The molecule has 0 radical (unpaired) electrons. The van der Waals surface area contributed by atoms with Crippen molar-refractivity contribution in [3.05, 3.63) is 44.6 Å². The number of hydrogen-bond acceptors (Lipinski definition) is 4. The van der Waals surface area contributed by atoms with E-state index in [4.69, 9.17) is 16.3 Å². The number of rotatable bonds is 4. The molecule has 1 aromatic rings. The van der Waals surface area contributed by atoms with Crippen LogP contribution in [0.3, 0.4) is 0 Å². The lowest BCUT2D eigenvalue weighted by molar-refractivity contribution is -0.125. The Balaban J connectivity index is 1.50. The van der Waals surface area contributed by atoms with Crippen molar-refractivity contribution in [1.82, 2.24) is 0 Å². The van der Waals surface area contributed by atoms with Crippen LogP contribution in [0, 0.1) is 18.8 Å². The van der Waals surface area contributed by atoms with Crippen molar-refractivity contribution < 1.29 is 14.3 Å². The number of halogens is 1. The zero-order valence-electron chi connectivity index (χ0n) is 15.6. The third-order valence-electron chi connectivity index (χ3n) is 6.12. The van der Waals surface area contributed by atoms with Gasteiger partial charge in [0.05, 0.1) is 0 Å². The highest BCUT2D eigenvalue weighted by molar-refractivity contribution is 7.12. The minimum atomic E-state index is -0.549. The van der Waals surface area contributed by atoms with Crippen LogP contribution in [0.1, 0.15) is 59.3 Å². The predicted octanol–water partition coefficient (Wildman–Crippen LogP) is 5.28. The van der Waals surface area contributed by atoms with Crippen molar-refractivity contribution in [2.24, 2.45) is 11.8 Å². The molecule has 1 saturated carbocycles. The summed E-state index contributed by atoms with van der Waals surface area (Å²) in [5.41, 5.74) is 0.938. The summed E-state index contributed by atoms with van der Waals surface area (Å²) in [7, 11) is 0. The molecule has 0 amide bonds. The summed E-state index contributed by atoms with van der Waals surface area (Å²) in [5, 5.41) is 0.775. The van der Waals surface area contributed by atoms with E-state index in [0.717, 1.165) is 54.4 Å². The van der Waals surface area contributed by atoms with Gasteiger partial charge in [0.25, 0.3) is 0 Å². The molecule has 3 unspecified atom stereocenters. The topological polar surface area (TPSA) is 43.4 Å². The normalized spacial score (nSPS) is 29.4. The van der Waals surface area contributed by atoms with E-state index in [-0.39, 0.29) is 23.4 Å². The van der Waals surface area contributed by atoms with Gasteiger partial charge in [-0.1, -0.05) is 23.8 Å².